The van der Waals surface area contributed by atoms with Gasteiger partial charge in [-0.05, 0) is 59.7 Å². The molecule has 1 saturated carbocycles. The monoisotopic (exact) mass is 524 g/mol. The summed E-state index contributed by atoms with van der Waals surface area (Å²) in [4.78, 5) is 30.2. The first kappa shape index (κ1) is 26.7. The van der Waals surface area contributed by atoms with Crippen LogP contribution >= 0.6 is 11.3 Å². The number of thiophene rings is 1. The standard InChI is InChI=1S/C29H33FN2O4S/c1-35-25-15-12-21(17-26(25)36-2)28(29(34)31-23-7-4-3-5-8-23)32(19-20-10-13-22(30)14-11-20)27(33)18-24-9-6-16-37-24/h6,9-17,23,28H,3-5,7-8,18-19H2,1-2H3,(H,31,34). The van der Waals surface area contributed by atoms with Gasteiger partial charge in [-0.3, -0.25) is 9.59 Å². The molecule has 0 bridgehead atoms. The van der Waals surface area contributed by atoms with Gasteiger partial charge in [-0.25, -0.2) is 4.39 Å². The van der Waals surface area contributed by atoms with Crippen LogP contribution in [0.5, 0.6) is 11.5 Å². The summed E-state index contributed by atoms with van der Waals surface area (Å²) < 4.78 is 24.5. The summed E-state index contributed by atoms with van der Waals surface area (Å²) >= 11 is 1.50. The average molecular weight is 525 g/mol. The predicted octanol–water partition coefficient (Wildman–Crippen LogP) is 5.67. The second-order valence-electron chi connectivity index (χ2n) is 9.26. The van der Waals surface area contributed by atoms with Gasteiger partial charge >= 0.3 is 0 Å². The van der Waals surface area contributed by atoms with Crippen molar-refractivity contribution in [3.05, 3.63) is 81.8 Å². The number of carbonyl (C=O) groups excluding carboxylic acids is 2. The highest BCUT2D eigenvalue weighted by Crippen LogP contribution is 2.34. The first-order valence-electron chi connectivity index (χ1n) is 12.6. The second-order valence-corrected chi connectivity index (χ2v) is 10.3. The summed E-state index contributed by atoms with van der Waals surface area (Å²) in [5.41, 5.74) is 1.35. The minimum atomic E-state index is -0.903. The van der Waals surface area contributed by atoms with E-state index in [-0.39, 0.29) is 36.6 Å². The fraction of sp³-hybridized carbons (Fsp3) is 0.379. The van der Waals surface area contributed by atoms with E-state index in [1.807, 2.05) is 17.5 Å². The van der Waals surface area contributed by atoms with Gasteiger partial charge in [0.15, 0.2) is 11.5 Å². The fourth-order valence-electron chi connectivity index (χ4n) is 4.80. The SMILES string of the molecule is COc1ccc(C(C(=O)NC2CCCCC2)N(Cc2ccc(F)cc2)C(=O)Cc2cccs2)cc1OC. The zero-order valence-corrected chi connectivity index (χ0v) is 22.1. The molecule has 0 spiro atoms. The van der Waals surface area contributed by atoms with Crippen LogP contribution in [0.4, 0.5) is 4.39 Å². The van der Waals surface area contributed by atoms with Gasteiger partial charge in [0.2, 0.25) is 11.8 Å². The Labute approximate surface area is 221 Å². The van der Waals surface area contributed by atoms with E-state index in [0.29, 0.717) is 17.1 Å². The van der Waals surface area contributed by atoms with Crippen LogP contribution in [0.1, 0.15) is 54.1 Å². The molecular formula is C29H33FN2O4S. The molecule has 4 rings (SSSR count). The van der Waals surface area contributed by atoms with Crippen molar-refractivity contribution in [2.45, 2.75) is 57.2 Å². The van der Waals surface area contributed by atoms with Crippen LogP contribution in [0.2, 0.25) is 0 Å². The molecule has 2 aromatic carbocycles. The Morgan fingerprint density at radius 3 is 2.41 bits per heavy atom. The number of nitrogens with one attached hydrogen (secondary N) is 1. The van der Waals surface area contributed by atoms with Crippen molar-refractivity contribution in [2.24, 2.45) is 0 Å². The van der Waals surface area contributed by atoms with Gasteiger partial charge in [0.25, 0.3) is 0 Å². The molecule has 1 aromatic heterocycles. The summed E-state index contributed by atoms with van der Waals surface area (Å²) in [6.45, 7) is 0.154. The first-order valence-corrected chi connectivity index (χ1v) is 13.4. The van der Waals surface area contributed by atoms with E-state index in [9.17, 15) is 14.0 Å². The van der Waals surface area contributed by atoms with Crippen molar-refractivity contribution >= 4 is 23.2 Å². The number of hydrogen-bond donors (Lipinski definition) is 1. The van der Waals surface area contributed by atoms with Gasteiger partial charge in [0.1, 0.15) is 11.9 Å². The third-order valence-corrected chi connectivity index (χ3v) is 7.60. The van der Waals surface area contributed by atoms with E-state index in [0.717, 1.165) is 36.1 Å². The molecule has 196 valence electrons. The Kier molecular flexibility index (Phi) is 9.17. The van der Waals surface area contributed by atoms with Crippen LogP contribution < -0.4 is 14.8 Å². The lowest BCUT2D eigenvalue weighted by Gasteiger charge is -2.34. The van der Waals surface area contributed by atoms with E-state index >= 15 is 0 Å². The molecule has 1 heterocycles. The molecule has 2 amide bonds. The number of nitrogens with zero attached hydrogens (tertiary/aromatic N) is 1. The number of amides is 2. The maximum atomic E-state index is 13.9. The number of methoxy groups -OCH3 is 2. The molecule has 1 N–H and O–H groups in total. The first-order chi connectivity index (χ1) is 18.0. The molecule has 1 unspecified atom stereocenters. The number of ether oxygens (including phenoxy) is 2. The fourth-order valence-corrected chi connectivity index (χ4v) is 5.49. The third kappa shape index (κ3) is 6.89. The number of carbonyl (C=O) groups is 2. The maximum Gasteiger partial charge on any atom is 0.247 e. The van der Waals surface area contributed by atoms with Gasteiger partial charge in [-0.2, -0.15) is 0 Å². The molecule has 1 fully saturated rings. The molecule has 0 saturated heterocycles. The van der Waals surface area contributed by atoms with Gasteiger partial charge in [0, 0.05) is 17.5 Å². The van der Waals surface area contributed by atoms with Crippen LogP contribution in [-0.2, 0) is 22.6 Å². The van der Waals surface area contributed by atoms with Gasteiger partial charge in [0.05, 0.1) is 20.6 Å². The molecule has 8 heteroatoms. The van der Waals surface area contributed by atoms with Gasteiger partial charge < -0.3 is 19.7 Å². The van der Waals surface area contributed by atoms with Crippen LogP contribution in [0, 0.1) is 5.82 Å². The molecule has 37 heavy (non-hydrogen) atoms. The maximum absolute atomic E-state index is 13.9. The Balaban J connectivity index is 1.74. The summed E-state index contributed by atoms with van der Waals surface area (Å²) in [5.74, 6) is 0.230. The van der Waals surface area contributed by atoms with Crippen molar-refractivity contribution < 1.29 is 23.5 Å². The molecule has 6 nitrogen and oxygen atoms in total. The van der Waals surface area contributed by atoms with Gasteiger partial charge in [-0.15, -0.1) is 11.3 Å². The molecule has 0 radical (unpaired) electrons. The number of rotatable bonds is 10. The van der Waals surface area contributed by atoms with E-state index in [4.69, 9.17) is 9.47 Å². The molecule has 1 atom stereocenters. The Morgan fingerprint density at radius 1 is 1.03 bits per heavy atom. The van der Waals surface area contributed by atoms with Crippen LogP contribution in [0.25, 0.3) is 0 Å². The number of hydrogen-bond acceptors (Lipinski definition) is 5. The normalized spacial score (nSPS) is 14.6. The van der Waals surface area contributed by atoms with E-state index in [1.165, 1.54) is 37.0 Å². The molecular weight excluding hydrogens is 491 g/mol. The highest BCUT2D eigenvalue weighted by atomic mass is 32.1. The third-order valence-electron chi connectivity index (χ3n) is 6.73. The van der Waals surface area contributed by atoms with Crippen molar-refractivity contribution in [2.75, 3.05) is 14.2 Å². The Morgan fingerprint density at radius 2 is 1.76 bits per heavy atom. The topological polar surface area (TPSA) is 67.9 Å². The highest BCUT2D eigenvalue weighted by molar-refractivity contribution is 7.10. The largest absolute Gasteiger partial charge is 0.493 e. The lowest BCUT2D eigenvalue weighted by molar-refractivity contribution is -0.141. The predicted molar refractivity (Wildman–Crippen MR) is 142 cm³/mol. The summed E-state index contributed by atoms with van der Waals surface area (Å²) in [5, 5.41) is 5.14. The lowest BCUT2D eigenvalue weighted by atomic mass is 9.94. The van der Waals surface area contributed by atoms with Crippen molar-refractivity contribution in [1.82, 2.24) is 10.2 Å². The van der Waals surface area contributed by atoms with Crippen LogP contribution in [0.15, 0.2) is 60.0 Å². The van der Waals surface area contributed by atoms with E-state index < -0.39 is 6.04 Å². The minimum Gasteiger partial charge on any atom is -0.493 e. The van der Waals surface area contributed by atoms with Crippen LogP contribution in [0.3, 0.4) is 0 Å². The smallest absolute Gasteiger partial charge is 0.247 e. The number of benzene rings is 2. The van der Waals surface area contributed by atoms with Gasteiger partial charge in [-0.1, -0.05) is 43.5 Å². The zero-order chi connectivity index (χ0) is 26.2. The lowest BCUT2D eigenvalue weighted by Crippen LogP contribution is -2.47. The minimum absolute atomic E-state index is 0.0731. The molecule has 1 aliphatic carbocycles. The summed E-state index contributed by atoms with van der Waals surface area (Å²) in [6, 6.07) is 14.3. The Bertz CT molecular complexity index is 1180. The van der Waals surface area contributed by atoms with Crippen molar-refractivity contribution in [3.8, 4) is 11.5 Å². The second kappa shape index (κ2) is 12.7. The molecule has 1 aliphatic rings. The number of halogens is 1. The van der Waals surface area contributed by atoms with E-state index in [2.05, 4.69) is 5.32 Å². The molecule has 0 aliphatic heterocycles. The van der Waals surface area contributed by atoms with Crippen molar-refractivity contribution in [1.29, 1.82) is 0 Å². The van der Waals surface area contributed by atoms with Crippen molar-refractivity contribution in [3.63, 3.8) is 0 Å². The summed E-state index contributed by atoms with van der Waals surface area (Å²) in [7, 11) is 3.09. The average Bonchev–Trinajstić information content (AvgIpc) is 3.43. The van der Waals surface area contributed by atoms with Crippen LogP contribution in [-0.4, -0.2) is 37.0 Å². The molecule has 3 aromatic rings. The zero-order valence-electron chi connectivity index (χ0n) is 21.2. The van der Waals surface area contributed by atoms with E-state index in [1.54, 1.807) is 42.3 Å². The Hall–Kier alpha value is -3.39. The summed E-state index contributed by atoms with van der Waals surface area (Å²) in [6.07, 6.45) is 5.32. The highest BCUT2D eigenvalue weighted by Gasteiger charge is 2.34. The quantitative estimate of drug-likeness (QED) is 0.371.